The Kier molecular flexibility index (Phi) is 3.40. The number of aromatic amines is 1. The van der Waals surface area contributed by atoms with Crippen LogP contribution in [-0.2, 0) is 6.42 Å². The van der Waals surface area contributed by atoms with E-state index in [1.54, 1.807) is 6.07 Å². The highest BCUT2D eigenvalue weighted by molar-refractivity contribution is 5.95. The lowest BCUT2D eigenvalue weighted by Gasteiger charge is -2.07. The van der Waals surface area contributed by atoms with Crippen molar-refractivity contribution in [3.8, 4) is 0 Å². The van der Waals surface area contributed by atoms with Crippen molar-refractivity contribution in [1.29, 1.82) is 0 Å². The molecule has 3 rings (SSSR count). The maximum atomic E-state index is 12.0. The number of carbonyl (C=O) groups is 1. The number of Topliss-reactive ketones (excluding diaryl/α,β-unsaturated/α-hetero) is 1. The third-order valence-electron chi connectivity index (χ3n) is 3.64. The summed E-state index contributed by atoms with van der Waals surface area (Å²) < 4.78 is 0. The van der Waals surface area contributed by atoms with Crippen LogP contribution in [0, 0.1) is 0 Å². The van der Waals surface area contributed by atoms with Gasteiger partial charge in [-0.15, -0.1) is 0 Å². The summed E-state index contributed by atoms with van der Waals surface area (Å²) in [6.07, 6.45) is 1.97. The third-order valence-corrected chi connectivity index (χ3v) is 3.64. The molecule has 3 heteroatoms. The first kappa shape index (κ1) is 13.3. The van der Waals surface area contributed by atoms with Gasteiger partial charge in [0.25, 0.3) is 5.56 Å². The monoisotopic (exact) mass is 277 g/mol. The van der Waals surface area contributed by atoms with E-state index in [0.717, 1.165) is 16.3 Å². The van der Waals surface area contributed by atoms with E-state index in [1.165, 1.54) is 13.1 Å². The fourth-order valence-corrected chi connectivity index (χ4v) is 2.57. The van der Waals surface area contributed by atoms with Crippen LogP contribution >= 0.6 is 0 Å². The van der Waals surface area contributed by atoms with Crippen molar-refractivity contribution in [2.75, 3.05) is 0 Å². The van der Waals surface area contributed by atoms with Gasteiger partial charge >= 0.3 is 0 Å². The summed E-state index contributed by atoms with van der Waals surface area (Å²) in [4.78, 5) is 26.3. The number of pyridine rings is 1. The zero-order valence-electron chi connectivity index (χ0n) is 11.7. The topological polar surface area (TPSA) is 49.9 Å². The van der Waals surface area contributed by atoms with Crippen LogP contribution in [0.5, 0.6) is 0 Å². The maximum Gasteiger partial charge on any atom is 0.252 e. The lowest BCUT2D eigenvalue weighted by Crippen LogP contribution is -2.17. The molecular weight excluding hydrogens is 262 g/mol. The van der Waals surface area contributed by atoms with Crippen LogP contribution < -0.4 is 5.56 Å². The number of nitrogens with one attached hydrogen (secondary N) is 1. The van der Waals surface area contributed by atoms with Crippen LogP contribution in [0.15, 0.2) is 59.5 Å². The summed E-state index contributed by atoms with van der Waals surface area (Å²) in [6, 6.07) is 15.8. The Morgan fingerprint density at radius 2 is 1.81 bits per heavy atom. The second kappa shape index (κ2) is 5.37. The molecule has 0 saturated heterocycles. The van der Waals surface area contributed by atoms with Gasteiger partial charge in [0, 0.05) is 23.7 Å². The summed E-state index contributed by atoms with van der Waals surface area (Å²) >= 11 is 0. The van der Waals surface area contributed by atoms with Gasteiger partial charge in [-0.1, -0.05) is 42.5 Å². The fourth-order valence-electron chi connectivity index (χ4n) is 2.57. The Labute approximate surface area is 122 Å². The van der Waals surface area contributed by atoms with Gasteiger partial charge in [0.05, 0.1) is 0 Å². The maximum absolute atomic E-state index is 12.0. The van der Waals surface area contributed by atoms with E-state index >= 15 is 0 Å². The molecule has 0 fully saturated rings. The SMILES string of the molecule is CC(=O)c1cc[nH]c(=O)c1Cc1ccc2ccccc2c1. The molecular formula is C18H15NO2. The molecule has 1 aromatic heterocycles. The van der Waals surface area contributed by atoms with E-state index < -0.39 is 0 Å². The molecule has 0 spiro atoms. The van der Waals surface area contributed by atoms with Crippen molar-refractivity contribution in [3.05, 3.63) is 81.8 Å². The third kappa shape index (κ3) is 2.63. The molecule has 1 N–H and O–H groups in total. The Morgan fingerprint density at radius 3 is 2.57 bits per heavy atom. The van der Waals surface area contributed by atoms with Gasteiger partial charge in [-0.2, -0.15) is 0 Å². The molecule has 2 aromatic carbocycles. The summed E-state index contributed by atoms with van der Waals surface area (Å²) in [5, 5.41) is 2.29. The first-order valence-electron chi connectivity index (χ1n) is 6.84. The summed E-state index contributed by atoms with van der Waals surface area (Å²) in [6.45, 7) is 1.48. The smallest absolute Gasteiger partial charge is 0.252 e. The van der Waals surface area contributed by atoms with Crippen molar-refractivity contribution in [1.82, 2.24) is 4.98 Å². The van der Waals surface area contributed by atoms with E-state index in [1.807, 2.05) is 30.3 Å². The highest BCUT2D eigenvalue weighted by Gasteiger charge is 2.11. The van der Waals surface area contributed by atoms with Crippen LogP contribution in [0.25, 0.3) is 10.8 Å². The van der Waals surface area contributed by atoms with Crippen molar-refractivity contribution in [2.24, 2.45) is 0 Å². The van der Waals surface area contributed by atoms with Crippen molar-refractivity contribution in [3.63, 3.8) is 0 Å². The molecule has 3 aromatic rings. The Balaban J connectivity index is 2.06. The number of aromatic nitrogens is 1. The molecule has 3 nitrogen and oxygen atoms in total. The van der Waals surface area contributed by atoms with Gasteiger partial charge in [-0.05, 0) is 29.3 Å². The largest absolute Gasteiger partial charge is 0.329 e. The minimum atomic E-state index is -0.198. The average molecular weight is 277 g/mol. The Morgan fingerprint density at radius 1 is 1.05 bits per heavy atom. The van der Waals surface area contributed by atoms with Crippen LogP contribution in [0.1, 0.15) is 28.4 Å². The average Bonchev–Trinajstić information content (AvgIpc) is 2.49. The van der Waals surface area contributed by atoms with Crippen molar-refractivity contribution >= 4 is 16.6 Å². The van der Waals surface area contributed by atoms with Gasteiger partial charge in [-0.3, -0.25) is 9.59 Å². The molecule has 0 aliphatic heterocycles. The Hall–Kier alpha value is -2.68. The molecule has 104 valence electrons. The highest BCUT2D eigenvalue weighted by atomic mass is 16.1. The van der Waals surface area contributed by atoms with Gasteiger partial charge in [0.1, 0.15) is 0 Å². The van der Waals surface area contributed by atoms with Gasteiger partial charge < -0.3 is 4.98 Å². The minimum Gasteiger partial charge on any atom is -0.329 e. The molecule has 0 saturated carbocycles. The molecule has 21 heavy (non-hydrogen) atoms. The molecule has 0 aliphatic carbocycles. The lowest BCUT2D eigenvalue weighted by atomic mass is 9.98. The first-order valence-corrected chi connectivity index (χ1v) is 6.84. The van der Waals surface area contributed by atoms with Gasteiger partial charge in [0.15, 0.2) is 5.78 Å². The second-order valence-corrected chi connectivity index (χ2v) is 5.11. The number of hydrogen-bond acceptors (Lipinski definition) is 2. The molecule has 1 heterocycles. The molecule has 0 amide bonds. The summed E-state index contributed by atoms with van der Waals surface area (Å²) in [5.74, 6) is -0.0862. The normalized spacial score (nSPS) is 10.7. The number of H-pyrrole nitrogens is 1. The summed E-state index contributed by atoms with van der Waals surface area (Å²) in [7, 11) is 0. The fraction of sp³-hybridized carbons (Fsp3) is 0.111. The van der Waals surface area contributed by atoms with Crippen LogP contribution in [0.4, 0.5) is 0 Å². The van der Waals surface area contributed by atoms with Crippen LogP contribution in [0.3, 0.4) is 0 Å². The molecule has 0 aliphatic rings. The predicted molar refractivity (Wildman–Crippen MR) is 83.8 cm³/mol. The number of benzene rings is 2. The quantitative estimate of drug-likeness (QED) is 0.747. The summed E-state index contributed by atoms with van der Waals surface area (Å²) in [5.41, 5.74) is 1.84. The van der Waals surface area contributed by atoms with E-state index in [4.69, 9.17) is 0 Å². The molecule has 0 unspecified atom stereocenters. The predicted octanol–water partition coefficient (Wildman–Crippen LogP) is 3.32. The Bertz CT molecular complexity index is 878. The highest BCUT2D eigenvalue weighted by Crippen LogP contribution is 2.18. The van der Waals surface area contributed by atoms with Crippen LogP contribution in [-0.4, -0.2) is 10.8 Å². The number of carbonyl (C=O) groups excluding carboxylic acids is 1. The van der Waals surface area contributed by atoms with Crippen molar-refractivity contribution in [2.45, 2.75) is 13.3 Å². The second-order valence-electron chi connectivity index (χ2n) is 5.11. The number of hydrogen-bond donors (Lipinski definition) is 1. The lowest BCUT2D eigenvalue weighted by molar-refractivity contribution is 0.101. The van der Waals surface area contributed by atoms with Crippen LogP contribution in [0.2, 0.25) is 0 Å². The molecule has 0 bridgehead atoms. The van der Waals surface area contributed by atoms with Crippen molar-refractivity contribution < 1.29 is 4.79 Å². The number of rotatable bonds is 3. The van der Waals surface area contributed by atoms with Gasteiger partial charge in [-0.25, -0.2) is 0 Å². The van der Waals surface area contributed by atoms with E-state index in [0.29, 0.717) is 17.5 Å². The van der Waals surface area contributed by atoms with Gasteiger partial charge in [0.2, 0.25) is 0 Å². The zero-order valence-corrected chi connectivity index (χ0v) is 11.7. The minimum absolute atomic E-state index is 0.0862. The number of fused-ring (bicyclic) bond motifs is 1. The zero-order chi connectivity index (χ0) is 14.8. The van der Waals surface area contributed by atoms with E-state index in [2.05, 4.69) is 17.1 Å². The van der Waals surface area contributed by atoms with E-state index in [9.17, 15) is 9.59 Å². The number of ketones is 1. The molecule has 0 atom stereocenters. The first-order chi connectivity index (χ1) is 10.1. The standard InChI is InChI=1S/C18H15NO2/c1-12(20)16-8-9-19-18(21)17(16)11-13-6-7-14-4-2-3-5-15(14)10-13/h2-10H,11H2,1H3,(H,19,21). The molecule has 0 radical (unpaired) electrons. The van der Waals surface area contributed by atoms with E-state index in [-0.39, 0.29) is 11.3 Å².